The van der Waals surface area contributed by atoms with E-state index in [0.717, 1.165) is 0 Å². The van der Waals surface area contributed by atoms with Crippen molar-refractivity contribution in [3.8, 4) is 11.5 Å². The Morgan fingerprint density at radius 2 is 1.64 bits per heavy atom. The van der Waals surface area contributed by atoms with E-state index in [0.29, 0.717) is 10.6 Å². The zero-order valence-corrected chi connectivity index (χ0v) is 12.7. The number of halogens is 1. The summed E-state index contributed by atoms with van der Waals surface area (Å²) in [6.45, 7) is 0. The van der Waals surface area contributed by atoms with Gasteiger partial charge in [0.05, 0.1) is 4.90 Å². The molecule has 0 amide bonds. The van der Waals surface area contributed by atoms with Crippen LogP contribution in [0.3, 0.4) is 0 Å². The van der Waals surface area contributed by atoms with Gasteiger partial charge in [-0.25, -0.2) is 13.1 Å². The van der Waals surface area contributed by atoms with E-state index in [1.54, 1.807) is 12.1 Å². The summed E-state index contributed by atoms with van der Waals surface area (Å²) in [4.78, 5) is 0.0522. The van der Waals surface area contributed by atoms with E-state index >= 15 is 0 Å². The number of hydrogen-bond acceptors (Lipinski definition) is 5. The standard InChI is InChI=1S/C14H10ClN3O3S/c15-11-6-8-12(9-7-11)22(19,20)18-14-17-16-13(21-14)10-4-2-1-3-5-10/h1-9H,(H,17,18). The van der Waals surface area contributed by atoms with Crippen LogP contribution in [0.4, 0.5) is 6.01 Å². The maximum absolute atomic E-state index is 12.2. The Bertz CT molecular complexity index is 877. The van der Waals surface area contributed by atoms with E-state index in [1.807, 2.05) is 18.2 Å². The van der Waals surface area contributed by atoms with Crippen molar-refractivity contribution in [2.75, 3.05) is 4.72 Å². The Hall–Kier alpha value is -2.38. The first-order valence-corrected chi connectivity index (χ1v) is 8.08. The van der Waals surface area contributed by atoms with Crippen LogP contribution in [0.15, 0.2) is 63.9 Å². The minimum Gasteiger partial charge on any atom is -0.403 e. The minimum absolute atomic E-state index is 0.0522. The zero-order chi connectivity index (χ0) is 15.6. The van der Waals surface area contributed by atoms with Gasteiger partial charge in [-0.1, -0.05) is 34.9 Å². The Morgan fingerprint density at radius 1 is 0.955 bits per heavy atom. The Balaban J connectivity index is 1.84. The third-order valence-corrected chi connectivity index (χ3v) is 4.38. The molecule has 3 rings (SSSR count). The molecule has 0 unspecified atom stereocenters. The topological polar surface area (TPSA) is 85.1 Å². The lowest BCUT2D eigenvalue weighted by Gasteiger charge is -2.03. The zero-order valence-electron chi connectivity index (χ0n) is 11.1. The maximum atomic E-state index is 12.2. The van der Waals surface area contributed by atoms with Gasteiger partial charge in [0.2, 0.25) is 5.89 Å². The smallest absolute Gasteiger partial charge is 0.330 e. The molecule has 22 heavy (non-hydrogen) atoms. The highest BCUT2D eigenvalue weighted by atomic mass is 35.5. The second-order valence-corrected chi connectivity index (χ2v) is 6.46. The lowest BCUT2D eigenvalue weighted by molar-refractivity contribution is 0.577. The Kier molecular flexibility index (Phi) is 3.82. The molecule has 2 aromatic carbocycles. The van der Waals surface area contributed by atoms with Crippen molar-refractivity contribution in [3.63, 3.8) is 0 Å². The summed E-state index contributed by atoms with van der Waals surface area (Å²) >= 11 is 5.74. The third kappa shape index (κ3) is 3.10. The van der Waals surface area contributed by atoms with Crippen molar-refractivity contribution >= 4 is 27.6 Å². The molecular weight excluding hydrogens is 326 g/mol. The first-order valence-electron chi connectivity index (χ1n) is 6.22. The summed E-state index contributed by atoms with van der Waals surface area (Å²) in [5.41, 5.74) is 0.701. The predicted octanol–water partition coefficient (Wildman–Crippen LogP) is 3.19. The van der Waals surface area contributed by atoms with Crippen LogP contribution in [0.1, 0.15) is 0 Å². The average Bonchev–Trinajstić information content (AvgIpc) is 2.96. The summed E-state index contributed by atoms with van der Waals surface area (Å²) in [7, 11) is -3.80. The summed E-state index contributed by atoms with van der Waals surface area (Å²) < 4.78 is 31.9. The molecule has 0 bridgehead atoms. The van der Waals surface area contributed by atoms with Gasteiger partial charge in [0.15, 0.2) is 0 Å². The Morgan fingerprint density at radius 3 is 2.32 bits per heavy atom. The van der Waals surface area contributed by atoms with Crippen LogP contribution >= 0.6 is 11.6 Å². The molecule has 0 fully saturated rings. The lowest BCUT2D eigenvalue weighted by atomic mass is 10.2. The molecule has 0 saturated carbocycles. The summed E-state index contributed by atoms with van der Waals surface area (Å²) in [6, 6.07) is 14.6. The molecular formula is C14H10ClN3O3S. The van der Waals surface area contributed by atoms with Crippen molar-refractivity contribution < 1.29 is 12.8 Å². The number of hydrogen-bond donors (Lipinski definition) is 1. The Labute approximate surface area is 131 Å². The molecule has 0 radical (unpaired) electrons. The minimum atomic E-state index is -3.80. The van der Waals surface area contributed by atoms with E-state index in [-0.39, 0.29) is 16.8 Å². The molecule has 112 valence electrons. The largest absolute Gasteiger partial charge is 0.403 e. The average molecular weight is 336 g/mol. The molecule has 0 atom stereocenters. The van der Waals surface area contributed by atoms with Gasteiger partial charge < -0.3 is 4.42 Å². The molecule has 3 aromatic rings. The van der Waals surface area contributed by atoms with Gasteiger partial charge in [-0.3, -0.25) is 0 Å². The lowest BCUT2D eigenvalue weighted by Crippen LogP contribution is -2.13. The van der Waals surface area contributed by atoms with Gasteiger partial charge in [0, 0.05) is 10.6 Å². The first kappa shape index (κ1) is 14.6. The number of benzene rings is 2. The molecule has 0 aliphatic heterocycles. The van der Waals surface area contributed by atoms with Crippen LogP contribution in [0.2, 0.25) is 5.02 Å². The number of rotatable bonds is 4. The molecule has 1 heterocycles. The number of nitrogens with one attached hydrogen (secondary N) is 1. The van der Waals surface area contributed by atoms with E-state index < -0.39 is 10.0 Å². The van der Waals surface area contributed by atoms with Gasteiger partial charge in [-0.2, -0.15) is 0 Å². The van der Waals surface area contributed by atoms with E-state index in [1.165, 1.54) is 24.3 Å². The summed E-state index contributed by atoms with van der Waals surface area (Å²) in [5, 5.41) is 7.95. The molecule has 8 heteroatoms. The highest BCUT2D eigenvalue weighted by Crippen LogP contribution is 2.21. The van der Waals surface area contributed by atoms with E-state index in [2.05, 4.69) is 14.9 Å². The van der Waals surface area contributed by atoms with Gasteiger partial charge >= 0.3 is 6.01 Å². The van der Waals surface area contributed by atoms with Crippen LogP contribution < -0.4 is 4.72 Å². The summed E-state index contributed by atoms with van der Waals surface area (Å²) in [5.74, 6) is 0.231. The molecule has 0 aliphatic carbocycles. The predicted molar refractivity (Wildman–Crippen MR) is 82.0 cm³/mol. The van der Waals surface area contributed by atoms with Crippen LogP contribution in [0.5, 0.6) is 0 Å². The van der Waals surface area contributed by atoms with Gasteiger partial charge in [0.25, 0.3) is 10.0 Å². The molecule has 0 saturated heterocycles. The second kappa shape index (κ2) is 5.78. The fourth-order valence-electron chi connectivity index (χ4n) is 1.75. The molecule has 0 spiro atoms. The molecule has 1 N–H and O–H groups in total. The van der Waals surface area contributed by atoms with E-state index in [9.17, 15) is 8.42 Å². The van der Waals surface area contributed by atoms with E-state index in [4.69, 9.17) is 16.0 Å². The van der Waals surface area contributed by atoms with Crippen LogP contribution in [-0.2, 0) is 10.0 Å². The van der Waals surface area contributed by atoms with Gasteiger partial charge in [-0.05, 0) is 36.4 Å². The molecule has 0 aliphatic rings. The van der Waals surface area contributed by atoms with Crippen molar-refractivity contribution in [2.45, 2.75) is 4.90 Å². The highest BCUT2D eigenvalue weighted by Gasteiger charge is 2.18. The van der Waals surface area contributed by atoms with Crippen LogP contribution in [0.25, 0.3) is 11.5 Å². The highest BCUT2D eigenvalue weighted by molar-refractivity contribution is 7.92. The van der Waals surface area contributed by atoms with Crippen molar-refractivity contribution in [3.05, 3.63) is 59.6 Å². The SMILES string of the molecule is O=S(=O)(Nc1nnc(-c2ccccc2)o1)c1ccc(Cl)cc1. The quantitative estimate of drug-likeness (QED) is 0.791. The summed E-state index contributed by atoms with van der Waals surface area (Å²) in [6.07, 6.45) is 0. The van der Waals surface area contributed by atoms with Crippen LogP contribution in [0, 0.1) is 0 Å². The van der Waals surface area contributed by atoms with Crippen molar-refractivity contribution in [2.24, 2.45) is 0 Å². The number of sulfonamides is 1. The third-order valence-electron chi connectivity index (χ3n) is 2.79. The number of anilines is 1. The maximum Gasteiger partial charge on any atom is 0.330 e. The van der Waals surface area contributed by atoms with Crippen molar-refractivity contribution in [1.29, 1.82) is 0 Å². The fourth-order valence-corrected chi connectivity index (χ4v) is 2.80. The fraction of sp³-hybridized carbons (Fsp3) is 0. The van der Waals surface area contributed by atoms with Gasteiger partial charge in [0.1, 0.15) is 0 Å². The van der Waals surface area contributed by atoms with Gasteiger partial charge in [-0.15, -0.1) is 5.10 Å². The second-order valence-electron chi connectivity index (χ2n) is 4.34. The first-order chi connectivity index (χ1) is 10.5. The number of aromatic nitrogens is 2. The molecule has 6 nitrogen and oxygen atoms in total. The number of nitrogens with zero attached hydrogens (tertiary/aromatic N) is 2. The molecule has 1 aromatic heterocycles. The normalized spacial score (nSPS) is 11.3. The monoisotopic (exact) mass is 335 g/mol. The van der Waals surface area contributed by atoms with Crippen LogP contribution in [-0.4, -0.2) is 18.6 Å². The van der Waals surface area contributed by atoms with Crippen molar-refractivity contribution in [1.82, 2.24) is 10.2 Å².